The first-order valence-electron chi connectivity index (χ1n) is 8.80. The Morgan fingerprint density at radius 3 is 2.86 bits per heavy atom. The first-order chi connectivity index (χ1) is 13.4. The van der Waals surface area contributed by atoms with Crippen molar-refractivity contribution >= 4 is 46.3 Å². The lowest BCUT2D eigenvalue weighted by atomic mass is 10.2. The Labute approximate surface area is 171 Å². The van der Waals surface area contributed by atoms with Crippen LogP contribution in [0.4, 0.5) is 0 Å². The number of carbonyl (C=O) groups is 2. The SMILES string of the molecule is COC(=O)CCCn1c(C)cc(C(=O)CSc2nc3ncc(Cl)cc3[nH]2)c1C. The average molecular weight is 421 g/mol. The van der Waals surface area contributed by atoms with E-state index in [9.17, 15) is 9.59 Å². The number of H-pyrrole nitrogens is 1. The fourth-order valence-electron chi connectivity index (χ4n) is 3.04. The minimum Gasteiger partial charge on any atom is -0.469 e. The molecule has 0 aliphatic carbocycles. The smallest absolute Gasteiger partial charge is 0.305 e. The number of methoxy groups -OCH3 is 1. The summed E-state index contributed by atoms with van der Waals surface area (Å²) < 4.78 is 6.73. The van der Waals surface area contributed by atoms with Crippen LogP contribution in [0.25, 0.3) is 11.2 Å². The maximum atomic E-state index is 12.7. The van der Waals surface area contributed by atoms with Gasteiger partial charge in [-0.15, -0.1) is 0 Å². The highest BCUT2D eigenvalue weighted by molar-refractivity contribution is 7.99. The Morgan fingerprint density at radius 2 is 2.11 bits per heavy atom. The minimum absolute atomic E-state index is 0.0313. The van der Waals surface area contributed by atoms with E-state index in [1.807, 2.05) is 19.9 Å². The standard InChI is InChI=1S/C19H21ClN4O3S/c1-11-7-14(12(2)24(11)6-4-5-17(26)27-3)16(25)10-28-19-22-15-8-13(20)9-21-18(15)23-19/h7-9H,4-6,10H2,1-3H3,(H,21,22,23). The van der Waals surface area contributed by atoms with E-state index in [-0.39, 0.29) is 17.5 Å². The van der Waals surface area contributed by atoms with Crippen LogP contribution in [-0.2, 0) is 16.1 Å². The highest BCUT2D eigenvalue weighted by Gasteiger charge is 2.17. The highest BCUT2D eigenvalue weighted by atomic mass is 35.5. The van der Waals surface area contributed by atoms with Gasteiger partial charge in [0.1, 0.15) is 0 Å². The lowest BCUT2D eigenvalue weighted by Gasteiger charge is -2.09. The van der Waals surface area contributed by atoms with Crippen LogP contribution in [0.5, 0.6) is 0 Å². The number of pyridine rings is 1. The molecule has 0 saturated heterocycles. The lowest BCUT2D eigenvalue weighted by molar-refractivity contribution is -0.140. The number of aryl methyl sites for hydroxylation is 1. The summed E-state index contributed by atoms with van der Waals surface area (Å²) >= 11 is 7.27. The van der Waals surface area contributed by atoms with Crippen molar-refractivity contribution in [1.82, 2.24) is 19.5 Å². The number of nitrogens with one attached hydrogen (secondary N) is 1. The van der Waals surface area contributed by atoms with Crippen molar-refractivity contribution in [3.05, 3.63) is 40.3 Å². The van der Waals surface area contributed by atoms with E-state index in [1.165, 1.54) is 18.9 Å². The van der Waals surface area contributed by atoms with Crippen molar-refractivity contribution in [3.63, 3.8) is 0 Å². The molecule has 0 aliphatic heterocycles. The van der Waals surface area contributed by atoms with Gasteiger partial charge < -0.3 is 14.3 Å². The van der Waals surface area contributed by atoms with Gasteiger partial charge in [-0.2, -0.15) is 0 Å². The maximum Gasteiger partial charge on any atom is 0.305 e. The topological polar surface area (TPSA) is 89.9 Å². The molecule has 0 bridgehead atoms. The molecule has 1 N–H and O–H groups in total. The molecule has 0 radical (unpaired) electrons. The molecule has 0 unspecified atom stereocenters. The van der Waals surface area contributed by atoms with Gasteiger partial charge in [-0.25, -0.2) is 9.97 Å². The predicted octanol–water partition coefficient (Wildman–Crippen LogP) is 3.96. The number of aromatic nitrogens is 4. The largest absolute Gasteiger partial charge is 0.469 e. The molecule has 7 nitrogen and oxygen atoms in total. The molecule has 3 aromatic heterocycles. The van der Waals surface area contributed by atoms with Crippen LogP contribution in [-0.4, -0.2) is 44.1 Å². The van der Waals surface area contributed by atoms with Gasteiger partial charge in [-0.1, -0.05) is 23.4 Å². The Hall–Kier alpha value is -2.32. The van der Waals surface area contributed by atoms with Crippen LogP contribution >= 0.6 is 23.4 Å². The van der Waals surface area contributed by atoms with Crippen LogP contribution in [0.3, 0.4) is 0 Å². The van der Waals surface area contributed by atoms with E-state index in [0.717, 1.165) is 16.9 Å². The summed E-state index contributed by atoms with van der Waals surface area (Å²) in [5.74, 6) is 0.0700. The Bertz CT molecular complexity index is 1030. The van der Waals surface area contributed by atoms with Crippen LogP contribution in [0, 0.1) is 13.8 Å². The Balaban J connectivity index is 1.65. The van der Waals surface area contributed by atoms with Crippen molar-refractivity contribution in [3.8, 4) is 0 Å². The van der Waals surface area contributed by atoms with E-state index in [4.69, 9.17) is 11.6 Å². The fraction of sp³-hybridized carbons (Fsp3) is 0.368. The van der Waals surface area contributed by atoms with Crippen LogP contribution in [0.15, 0.2) is 23.5 Å². The average Bonchev–Trinajstić information content (AvgIpc) is 3.20. The van der Waals surface area contributed by atoms with E-state index >= 15 is 0 Å². The Kier molecular flexibility index (Phi) is 6.41. The van der Waals surface area contributed by atoms with E-state index in [2.05, 4.69) is 24.3 Å². The monoisotopic (exact) mass is 420 g/mol. The summed E-state index contributed by atoms with van der Waals surface area (Å²) in [5, 5.41) is 1.16. The number of hydrogen-bond donors (Lipinski definition) is 1. The molecule has 3 heterocycles. The zero-order valence-electron chi connectivity index (χ0n) is 15.9. The molecule has 0 aromatic carbocycles. The quantitative estimate of drug-likeness (QED) is 0.337. The second-order valence-corrected chi connectivity index (χ2v) is 7.80. The first-order valence-corrected chi connectivity index (χ1v) is 10.2. The third kappa shape index (κ3) is 4.56. The minimum atomic E-state index is -0.225. The third-order valence-corrected chi connectivity index (χ3v) is 5.57. The summed E-state index contributed by atoms with van der Waals surface area (Å²) in [6.07, 6.45) is 2.57. The number of halogens is 1. The molecule has 0 aliphatic rings. The number of ketones is 1. The second kappa shape index (κ2) is 8.79. The van der Waals surface area contributed by atoms with Gasteiger partial charge in [0.05, 0.1) is 23.4 Å². The summed E-state index contributed by atoms with van der Waals surface area (Å²) in [4.78, 5) is 35.6. The van der Waals surface area contributed by atoms with Crippen molar-refractivity contribution in [2.45, 2.75) is 38.4 Å². The normalized spacial score (nSPS) is 11.1. The fourth-order valence-corrected chi connectivity index (χ4v) is 3.96. The number of esters is 1. The molecular formula is C19H21ClN4O3S. The van der Waals surface area contributed by atoms with E-state index in [1.54, 1.807) is 12.3 Å². The number of hydrogen-bond acceptors (Lipinski definition) is 6. The highest BCUT2D eigenvalue weighted by Crippen LogP contribution is 2.23. The summed E-state index contributed by atoms with van der Waals surface area (Å²) in [5.41, 5.74) is 3.92. The van der Waals surface area contributed by atoms with Crippen LogP contribution in [0.1, 0.15) is 34.6 Å². The number of Topliss-reactive ketones (excluding diaryl/α,β-unsaturated/α-hetero) is 1. The molecule has 0 fully saturated rings. The zero-order chi connectivity index (χ0) is 20.3. The molecule has 0 spiro atoms. The van der Waals surface area contributed by atoms with Crippen molar-refractivity contribution in [1.29, 1.82) is 0 Å². The summed E-state index contributed by atoms with van der Waals surface area (Å²) in [7, 11) is 1.38. The van der Waals surface area contributed by atoms with Gasteiger partial charge in [-0.3, -0.25) is 9.59 Å². The number of imidazole rings is 1. The molecule has 0 amide bonds. The zero-order valence-corrected chi connectivity index (χ0v) is 17.5. The number of fused-ring (bicyclic) bond motifs is 1. The molecular weight excluding hydrogens is 400 g/mol. The summed E-state index contributed by atoms with van der Waals surface area (Å²) in [6.45, 7) is 4.56. The van der Waals surface area contributed by atoms with Gasteiger partial charge in [0.25, 0.3) is 0 Å². The molecule has 3 rings (SSSR count). The van der Waals surface area contributed by atoms with E-state index < -0.39 is 0 Å². The molecule has 28 heavy (non-hydrogen) atoms. The van der Waals surface area contributed by atoms with Crippen molar-refractivity contribution < 1.29 is 14.3 Å². The molecule has 3 aromatic rings. The second-order valence-electron chi connectivity index (χ2n) is 6.39. The first kappa shape index (κ1) is 20.4. The number of aromatic amines is 1. The van der Waals surface area contributed by atoms with Gasteiger partial charge in [0.15, 0.2) is 16.6 Å². The number of ether oxygens (including phenoxy) is 1. The maximum absolute atomic E-state index is 12.7. The van der Waals surface area contributed by atoms with Gasteiger partial charge in [-0.05, 0) is 32.4 Å². The van der Waals surface area contributed by atoms with Gasteiger partial charge in [0, 0.05) is 36.1 Å². The summed E-state index contributed by atoms with van der Waals surface area (Å²) in [6, 6.07) is 3.65. The van der Waals surface area contributed by atoms with Crippen molar-refractivity contribution in [2.24, 2.45) is 0 Å². The van der Waals surface area contributed by atoms with Crippen LogP contribution < -0.4 is 0 Å². The molecule has 0 atom stereocenters. The van der Waals surface area contributed by atoms with Gasteiger partial charge >= 0.3 is 5.97 Å². The number of thioether (sulfide) groups is 1. The van der Waals surface area contributed by atoms with Gasteiger partial charge in [0.2, 0.25) is 0 Å². The molecule has 9 heteroatoms. The number of carbonyl (C=O) groups excluding carboxylic acids is 2. The molecule has 0 saturated carbocycles. The number of rotatable bonds is 8. The predicted molar refractivity (Wildman–Crippen MR) is 109 cm³/mol. The van der Waals surface area contributed by atoms with Crippen LogP contribution in [0.2, 0.25) is 5.02 Å². The molecule has 148 valence electrons. The van der Waals surface area contributed by atoms with E-state index in [0.29, 0.717) is 40.8 Å². The lowest BCUT2D eigenvalue weighted by Crippen LogP contribution is -2.08. The number of nitrogens with zero attached hydrogens (tertiary/aromatic N) is 3. The Morgan fingerprint density at radius 1 is 1.32 bits per heavy atom. The van der Waals surface area contributed by atoms with Crippen molar-refractivity contribution in [2.75, 3.05) is 12.9 Å². The third-order valence-electron chi connectivity index (χ3n) is 4.49.